The SMILES string of the molecule is CCOc1ccc(S(=O)(=O)N2CCC(C(=O)NCc3ccnc(N4CCOCC4)c3)CC2)cc1. The molecule has 4 rings (SSSR count). The average molecular weight is 489 g/mol. The van der Waals surface area contributed by atoms with Crippen molar-refractivity contribution in [1.82, 2.24) is 14.6 Å². The van der Waals surface area contributed by atoms with E-state index in [1.165, 1.54) is 4.31 Å². The zero-order chi connectivity index (χ0) is 24.0. The molecule has 0 atom stereocenters. The fraction of sp³-hybridized carbons (Fsp3) is 0.500. The summed E-state index contributed by atoms with van der Waals surface area (Å²) in [6.45, 7) is 6.47. The molecule has 3 heterocycles. The Hall–Kier alpha value is -2.69. The fourth-order valence-electron chi connectivity index (χ4n) is 4.25. The number of nitrogens with zero attached hydrogens (tertiary/aromatic N) is 3. The van der Waals surface area contributed by atoms with Crippen LogP contribution in [-0.4, -0.2) is 69.6 Å². The molecule has 2 saturated heterocycles. The molecule has 1 aromatic heterocycles. The normalized spacial score (nSPS) is 18.0. The lowest BCUT2D eigenvalue weighted by atomic mass is 9.97. The van der Waals surface area contributed by atoms with Crippen LogP contribution in [0.2, 0.25) is 0 Å². The standard InChI is InChI=1S/C24H32N4O5S/c1-2-33-21-3-5-22(6-4-21)34(30,31)28-11-8-20(9-12-28)24(29)26-18-19-7-10-25-23(17-19)27-13-15-32-16-14-27/h3-7,10,17,20H,2,8-9,11-16,18H2,1H3,(H,26,29). The van der Waals surface area contributed by atoms with Gasteiger partial charge in [-0.15, -0.1) is 0 Å². The molecule has 0 saturated carbocycles. The highest BCUT2D eigenvalue weighted by molar-refractivity contribution is 7.89. The third kappa shape index (κ3) is 5.86. The highest BCUT2D eigenvalue weighted by Crippen LogP contribution is 2.25. The molecule has 2 aliphatic heterocycles. The van der Waals surface area contributed by atoms with Crippen molar-refractivity contribution in [2.45, 2.75) is 31.2 Å². The number of ether oxygens (including phenoxy) is 2. The number of anilines is 1. The molecule has 1 amide bonds. The quantitative estimate of drug-likeness (QED) is 0.607. The van der Waals surface area contributed by atoms with Crippen LogP contribution in [0.4, 0.5) is 5.82 Å². The van der Waals surface area contributed by atoms with Crippen molar-refractivity contribution < 1.29 is 22.7 Å². The van der Waals surface area contributed by atoms with E-state index in [1.807, 2.05) is 19.1 Å². The van der Waals surface area contributed by atoms with Gasteiger partial charge in [0.1, 0.15) is 11.6 Å². The minimum absolute atomic E-state index is 0.0390. The Balaban J connectivity index is 1.28. The summed E-state index contributed by atoms with van der Waals surface area (Å²) in [5.41, 5.74) is 0.986. The summed E-state index contributed by atoms with van der Waals surface area (Å²) in [5.74, 6) is 1.29. The molecule has 0 bridgehead atoms. The number of aromatic nitrogens is 1. The molecule has 2 fully saturated rings. The Morgan fingerprint density at radius 1 is 1.12 bits per heavy atom. The number of nitrogens with one attached hydrogen (secondary N) is 1. The van der Waals surface area contributed by atoms with Crippen molar-refractivity contribution in [2.75, 3.05) is 50.9 Å². The number of morpholine rings is 1. The first-order chi connectivity index (χ1) is 16.5. The van der Waals surface area contributed by atoms with E-state index in [1.54, 1.807) is 30.5 Å². The number of hydrogen-bond acceptors (Lipinski definition) is 7. The number of piperidine rings is 1. The number of carbonyl (C=O) groups excluding carboxylic acids is 1. The first kappa shape index (κ1) is 24.4. The summed E-state index contributed by atoms with van der Waals surface area (Å²) in [7, 11) is -3.59. The van der Waals surface area contributed by atoms with E-state index in [2.05, 4.69) is 15.2 Å². The van der Waals surface area contributed by atoms with Gasteiger partial charge in [-0.25, -0.2) is 13.4 Å². The van der Waals surface area contributed by atoms with Crippen LogP contribution in [-0.2, 0) is 26.1 Å². The van der Waals surface area contributed by atoms with E-state index >= 15 is 0 Å². The van der Waals surface area contributed by atoms with Crippen LogP contribution in [0.5, 0.6) is 5.75 Å². The van der Waals surface area contributed by atoms with Crippen LogP contribution in [0.15, 0.2) is 47.5 Å². The van der Waals surface area contributed by atoms with Gasteiger partial charge in [0.05, 0.1) is 24.7 Å². The number of hydrogen-bond donors (Lipinski definition) is 1. The van der Waals surface area contributed by atoms with E-state index in [9.17, 15) is 13.2 Å². The summed E-state index contributed by atoms with van der Waals surface area (Å²) in [4.78, 5) is 19.6. The van der Waals surface area contributed by atoms with Crippen molar-refractivity contribution >= 4 is 21.7 Å². The van der Waals surface area contributed by atoms with Crippen LogP contribution in [0.3, 0.4) is 0 Å². The number of carbonyl (C=O) groups is 1. The monoisotopic (exact) mass is 488 g/mol. The zero-order valence-electron chi connectivity index (χ0n) is 19.5. The lowest BCUT2D eigenvalue weighted by molar-refractivity contribution is -0.126. The van der Waals surface area contributed by atoms with E-state index in [0.29, 0.717) is 58.0 Å². The minimum Gasteiger partial charge on any atom is -0.494 e. The third-order valence-electron chi connectivity index (χ3n) is 6.21. The van der Waals surface area contributed by atoms with Crippen LogP contribution >= 0.6 is 0 Å². The Labute approximate surface area is 201 Å². The largest absolute Gasteiger partial charge is 0.494 e. The highest BCUT2D eigenvalue weighted by Gasteiger charge is 2.32. The molecule has 2 aromatic rings. The Kier molecular flexibility index (Phi) is 8.02. The van der Waals surface area contributed by atoms with Gasteiger partial charge in [0.15, 0.2) is 0 Å². The van der Waals surface area contributed by atoms with Crippen molar-refractivity contribution in [3.8, 4) is 5.75 Å². The Morgan fingerprint density at radius 3 is 2.50 bits per heavy atom. The lowest BCUT2D eigenvalue weighted by Crippen LogP contribution is -2.42. The molecule has 1 aromatic carbocycles. The van der Waals surface area contributed by atoms with Gasteiger partial charge in [0.25, 0.3) is 0 Å². The maximum absolute atomic E-state index is 13.0. The van der Waals surface area contributed by atoms with Crippen LogP contribution in [0, 0.1) is 5.92 Å². The molecular formula is C24H32N4O5S. The molecule has 2 aliphatic rings. The van der Waals surface area contributed by atoms with Gasteiger partial charge in [-0.2, -0.15) is 4.31 Å². The van der Waals surface area contributed by atoms with Crippen LogP contribution in [0.1, 0.15) is 25.3 Å². The summed E-state index contributed by atoms with van der Waals surface area (Å²) in [5, 5.41) is 3.01. The van der Waals surface area contributed by atoms with Gasteiger partial charge >= 0.3 is 0 Å². The van der Waals surface area contributed by atoms with Gasteiger partial charge in [0, 0.05) is 44.8 Å². The summed E-state index contributed by atoms with van der Waals surface area (Å²) < 4.78 is 38.2. The first-order valence-corrected chi connectivity index (χ1v) is 13.2. The van der Waals surface area contributed by atoms with Crippen molar-refractivity contribution in [3.63, 3.8) is 0 Å². The second-order valence-corrected chi connectivity index (χ2v) is 10.4. The van der Waals surface area contributed by atoms with Gasteiger partial charge in [0.2, 0.25) is 15.9 Å². The predicted molar refractivity (Wildman–Crippen MR) is 128 cm³/mol. The maximum atomic E-state index is 13.0. The Morgan fingerprint density at radius 2 is 1.82 bits per heavy atom. The molecule has 184 valence electrons. The number of rotatable bonds is 8. The molecule has 0 radical (unpaired) electrons. The molecule has 0 aliphatic carbocycles. The summed E-state index contributed by atoms with van der Waals surface area (Å²) >= 11 is 0. The van der Waals surface area contributed by atoms with E-state index in [4.69, 9.17) is 9.47 Å². The topological polar surface area (TPSA) is 101 Å². The second kappa shape index (κ2) is 11.2. The number of benzene rings is 1. The van der Waals surface area contributed by atoms with Gasteiger partial charge in [-0.05, 0) is 61.7 Å². The highest BCUT2D eigenvalue weighted by atomic mass is 32.2. The minimum atomic E-state index is -3.59. The van der Waals surface area contributed by atoms with Gasteiger partial charge in [-0.1, -0.05) is 0 Å². The fourth-order valence-corrected chi connectivity index (χ4v) is 5.72. The molecule has 10 heteroatoms. The van der Waals surface area contributed by atoms with Gasteiger partial charge < -0.3 is 19.7 Å². The van der Waals surface area contributed by atoms with Crippen LogP contribution in [0.25, 0.3) is 0 Å². The summed E-state index contributed by atoms with van der Waals surface area (Å²) in [6, 6.07) is 10.4. The van der Waals surface area contributed by atoms with Gasteiger partial charge in [-0.3, -0.25) is 4.79 Å². The predicted octanol–water partition coefficient (Wildman–Crippen LogP) is 2.03. The third-order valence-corrected chi connectivity index (χ3v) is 8.12. The molecular weight excluding hydrogens is 456 g/mol. The molecule has 0 spiro atoms. The smallest absolute Gasteiger partial charge is 0.243 e. The number of sulfonamides is 1. The van der Waals surface area contributed by atoms with Crippen molar-refractivity contribution in [2.24, 2.45) is 5.92 Å². The maximum Gasteiger partial charge on any atom is 0.243 e. The van der Waals surface area contributed by atoms with Crippen molar-refractivity contribution in [3.05, 3.63) is 48.2 Å². The molecule has 9 nitrogen and oxygen atoms in total. The molecule has 1 N–H and O–H groups in total. The summed E-state index contributed by atoms with van der Waals surface area (Å²) in [6.07, 6.45) is 2.76. The van der Waals surface area contributed by atoms with E-state index in [-0.39, 0.29) is 16.7 Å². The number of pyridine rings is 1. The zero-order valence-corrected chi connectivity index (χ0v) is 20.3. The van der Waals surface area contributed by atoms with E-state index in [0.717, 1.165) is 24.5 Å². The second-order valence-electron chi connectivity index (χ2n) is 8.42. The average Bonchev–Trinajstić information content (AvgIpc) is 2.88. The van der Waals surface area contributed by atoms with Crippen LogP contribution < -0.4 is 15.0 Å². The van der Waals surface area contributed by atoms with Crippen molar-refractivity contribution in [1.29, 1.82) is 0 Å². The lowest BCUT2D eigenvalue weighted by Gasteiger charge is -2.30. The number of amides is 1. The van der Waals surface area contributed by atoms with E-state index < -0.39 is 10.0 Å². The molecule has 34 heavy (non-hydrogen) atoms. The first-order valence-electron chi connectivity index (χ1n) is 11.8. The molecule has 0 unspecified atom stereocenters. The Bertz CT molecular complexity index is 1060.